The average molecular weight is 261 g/mol. The molecule has 0 aromatic carbocycles. The molecule has 2 heterocycles. The molecule has 2 nitrogen and oxygen atoms in total. The largest absolute Gasteiger partial charge is 0.298 e. The summed E-state index contributed by atoms with van der Waals surface area (Å²) in [7, 11) is 0. The maximum atomic E-state index is 4.09. The van der Waals surface area contributed by atoms with Gasteiger partial charge in [-0.15, -0.1) is 11.3 Å². The van der Waals surface area contributed by atoms with Crippen LogP contribution in [-0.2, 0) is 6.54 Å². The normalized spacial score (nSPS) is 20.7. The Morgan fingerprint density at radius 1 is 1.54 bits per heavy atom. The Bertz CT molecular complexity index is 242. The maximum Gasteiger partial charge on any atom is 0.0794 e. The summed E-state index contributed by atoms with van der Waals surface area (Å²) >= 11 is 5.41. The number of thiazole rings is 1. The Labute approximate surface area is 91.1 Å². The van der Waals surface area contributed by atoms with E-state index in [9.17, 15) is 0 Å². The second-order valence-electron chi connectivity index (χ2n) is 3.42. The number of nitrogens with zero attached hydrogens (tertiary/aromatic N) is 2. The van der Waals surface area contributed by atoms with Crippen LogP contribution >= 0.6 is 27.3 Å². The molecule has 72 valence electrons. The Hall–Kier alpha value is 0.0700. The number of hydrogen-bond acceptors (Lipinski definition) is 3. The molecule has 0 N–H and O–H groups in total. The van der Waals surface area contributed by atoms with Crippen LogP contribution in [0, 0.1) is 0 Å². The summed E-state index contributed by atoms with van der Waals surface area (Å²) in [5, 5.41) is 0. The number of rotatable bonds is 2. The second kappa shape index (κ2) is 4.53. The van der Waals surface area contributed by atoms with Crippen LogP contribution in [0.15, 0.2) is 11.7 Å². The molecule has 0 atom stereocenters. The summed E-state index contributed by atoms with van der Waals surface area (Å²) in [5.74, 6) is 0. The minimum atomic E-state index is 0.741. The Kier molecular flexibility index (Phi) is 3.35. The number of likely N-dealkylation sites (tertiary alicyclic amines) is 1. The molecule has 0 unspecified atom stereocenters. The fourth-order valence-electron chi connectivity index (χ4n) is 1.60. The molecule has 4 heteroatoms. The number of hydrogen-bond donors (Lipinski definition) is 0. The van der Waals surface area contributed by atoms with Gasteiger partial charge in [-0.05, 0) is 25.9 Å². The van der Waals surface area contributed by atoms with Gasteiger partial charge in [0.25, 0.3) is 0 Å². The molecule has 0 spiro atoms. The van der Waals surface area contributed by atoms with Gasteiger partial charge >= 0.3 is 0 Å². The molecule has 13 heavy (non-hydrogen) atoms. The average Bonchev–Trinajstić information content (AvgIpc) is 2.62. The van der Waals surface area contributed by atoms with E-state index in [1.807, 2.05) is 11.7 Å². The maximum absolute atomic E-state index is 4.09. The van der Waals surface area contributed by atoms with Crippen molar-refractivity contribution in [1.82, 2.24) is 9.88 Å². The van der Waals surface area contributed by atoms with E-state index < -0.39 is 0 Å². The van der Waals surface area contributed by atoms with Crippen molar-refractivity contribution in [1.29, 1.82) is 0 Å². The first kappa shape index (κ1) is 9.62. The summed E-state index contributed by atoms with van der Waals surface area (Å²) in [6.07, 6.45) is 4.53. The molecule has 0 amide bonds. The number of piperidine rings is 1. The predicted octanol–water partition coefficient (Wildman–Crippen LogP) is 2.50. The lowest BCUT2D eigenvalue weighted by atomic mass is 10.1. The van der Waals surface area contributed by atoms with Crippen molar-refractivity contribution in [2.45, 2.75) is 24.2 Å². The van der Waals surface area contributed by atoms with Crippen LogP contribution in [0.4, 0.5) is 0 Å². The highest BCUT2D eigenvalue weighted by Gasteiger charge is 2.16. The van der Waals surface area contributed by atoms with Gasteiger partial charge in [-0.25, -0.2) is 0 Å². The van der Waals surface area contributed by atoms with Gasteiger partial charge < -0.3 is 0 Å². The summed E-state index contributed by atoms with van der Waals surface area (Å²) in [6, 6.07) is 0. The predicted molar refractivity (Wildman–Crippen MR) is 59.3 cm³/mol. The molecule has 1 aliphatic heterocycles. The first-order chi connectivity index (χ1) is 6.34. The van der Waals surface area contributed by atoms with Crippen molar-refractivity contribution < 1.29 is 0 Å². The zero-order valence-electron chi connectivity index (χ0n) is 7.45. The third kappa shape index (κ3) is 2.76. The van der Waals surface area contributed by atoms with Crippen LogP contribution in [0.3, 0.4) is 0 Å². The molecule has 1 aromatic heterocycles. The Balaban J connectivity index is 1.83. The van der Waals surface area contributed by atoms with Gasteiger partial charge in [0, 0.05) is 22.4 Å². The first-order valence-corrected chi connectivity index (χ1v) is 6.38. The first-order valence-electron chi connectivity index (χ1n) is 4.58. The molecule has 0 bridgehead atoms. The van der Waals surface area contributed by atoms with E-state index in [1.165, 1.54) is 30.8 Å². The van der Waals surface area contributed by atoms with Crippen LogP contribution in [0.2, 0.25) is 0 Å². The van der Waals surface area contributed by atoms with Crippen LogP contribution < -0.4 is 0 Å². The van der Waals surface area contributed by atoms with E-state index >= 15 is 0 Å². The standard InChI is InChI=1S/C9H13BrN2S/c10-8-1-3-12(4-2-8)6-9-5-11-7-13-9/h5,7-8H,1-4,6H2. The van der Waals surface area contributed by atoms with Crippen molar-refractivity contribution in [2.24, 2.45) is 0 Å². The molecule has 0 saturated carbocycles. The van der Waals surface area contributed by atoms with Gasteiger partial charge in [-0.1, -0.05) is 15.9 Å². The topological polar surface area (TPSA) is 16.1 Å². The van der Waals surface area contributed by atoms with Gasteiger partial charge in [0.1, 0.15) is 0 Å². The summed E-state index contributed by atoms with van der Waals surface area (Å²) < 4.78 is 0. The Morgan fingerprint density at radius 3 is 2.92 bits per heavy atom. The summed E-state index contributed by atoms with van der Waals surface area (Å²) in [4.78, 5) is 8.71. The third-order valence-electron chi connectivity index (χ3n) is 2.38. The SMILES string of the molecule is BrC1CCN(Cc2cncs2)CC1. The number of aromatic nitrogens is 1. The van der Waals surface area contributed by atoms with E-state index in [1.54, 1.807) is 11.3 Å². The van der Waals surface area contributed by atoms with Crippen LogP contribution in [0.5, 0.6) is 0 Å². The molecule has 1 aromatic rings. The minimum absolute atomic E-state index is 0.741. The minimum Gasteiger partial charge on any atom is -0.298 e. The fraction of sp³-hybridized carbons (Fsp3) is 0.667. The summed E-state index contributed by atoms with van der Waals surface area (Å²) in [6.45, 7) is 3.52. The molecule has 1 aliphatic rings. The molecular formula is C9H13BrN2S. The molecule has 0 aliphatic carbocycles. The van der Waals surface area contributed by atoms with Gasteiger partial charge in [0.2, 0.25) is 0 Å². The van der Waals surface area contributed by atoms with E-state index in [0.717, 1.165) is 11.4 Å². The zero-order chi connectivity index (χ0) is 9.10. The molecule has 1 saturated heterocycles. The summed E-state index contributed by atoms with van der Waals surface area (Å²) in [5.41, 5.74) is 1.91. The highest BCUT2D eigenvalue weighted by Crippen LogP contribution is 2.19. The van der Waals surface area contributed by atoms with Crippen molar-refractivity contribution >= 4 is 27.3 Å². The van der Waals surface area contributed by atoms with Gasteiger partial charge in [0.05, 0.1) is 5.51 Å². The van der Waals surface area contributed by atoms with Crippen LogP contribution in [-0.4, -0.2) is 27.8 Å². The van der Waals surface area contributed by atoms with Crippen molar-refractivity contribution in [3.8, 4) is 0 Å². The number of alkyl halides is 1. The second-order valence-corrected chi connectivity index (χ2v) is 5.68. The third-order valence-corrected chi connectivity index (χ3v) is 4.06. The van der Waals surface area contributed by atoms with Crippen LogP contribution in [0.1, 0.15) is 17.7 Å². The van der Waals surface area contributed by atoms with Crippen molar-refractivity contribution in [3.63, 3.8) is 0 Å². The van der Waals surface area contributed by atoms with E-state index in [4.69, 9.17) is 0 Å². The van der Waals surface area contributed by atoms with Gasteiger partial charge in [0.15, 0.2) is 0 Å². The lowest BCUT2D eigenvalue weighted by molar-refractivity contribution is 0.228. The van der Waals surface area contributed by atoms with E-state index in [-0.39, 0.29) is 0 Å². The molecule has 0 radical (unpaired) electrons. The molecule has 1 fully saturated rings. The van der Waals surface area contributed by atoms with Crippen LogP contribution in [0.25, 0.3) is 0 Å². The van der Waals surface area contributed by atoms with Crippen molar-refractivity contribution in [2.75, 3.05) is 13.1 Å². The Morgan fingerprint density at radius 2 is 2.31 bits per heavy atom. The van der Waals surface area contributed by atoms with E-state index in [0.29, 0.717) is 0 Å². The van der Waals surface area contributed by atoms with Gasteiger partial charge in [-0.2, -0.15) is 0 Å². The quantitative estimate of drug-likeness (QED) is 0.760. The fourth-order valence-corrected chi connectivity index (χ4v) is 2.65. The highest BCUT2D eigenvalue weighted by atomic mass is 79.9. The lowest BCUT2D eigenvalue weighted by Gasteiger charge is -2.28. The zero-order valence-corrected chi connectivity index (χ0v) is 9.85. The smallest absolute Gasteiger partial charge is 0.0794 e. The van der Waals surface area contributed by atoms with E-state index in [2.05, 4.69) is 25.8 Å². The lowest BCUT2D eigenvalue weighted by Crippen LogP contribution is -2.33. The molecule has 2 rings (SSSR count). The highest BCUT2D eigenvalue weighted by molar-refractivity contribution is 9.09. The van der Waals surface area contributed by atoms with Gasteiger partial charge in [-0.3, -0.25) is 9.88 Å². The monoisotopic (exact) mass is 260 g/mol. The number of halogens is 1. The molecular weight excluding hydrogens is 248 g/mol. The van der Waals surface area contributed by atoms with Crippen molar-refractivity contribution in [3.05, 3.63) is 16.6 Å².